The van der Waals surface area contributed by atoms with E-state index < -0.39 is 8.07 Å². The molecule has 5 heteroatoms. The smallest absolute Gasteiger partial charge is 1.00 e. The molecule has 0 saturated heterocycles. The van der Waals surface area contributed by atoms with Crippen LogP contribution in [0.3, 0.4) is 0 Å². The summed E-state index contributed by atoms with van der Waals surface area (Å²) in [7, 11) is -3.02. The molecule has 4 rings (SSSR count). The van der Waals surface area contributed by atoms with E-state index in [1.165, 1.54) is 64.0 Å². The molecule has 0 nitrogen and oxygen atoms in total. The number of rotatable bonds is 4. The molecule has 55 heavy (non-hydrogen) atoms. The molecule has 0 N–H and O–H groups in total. The van der Waals surface area contributed by atoms with Gasteiger partial charge in [-0.25, -0.2) is 0 Å². The van der Waals surface area contributed by atoms with Crippen molar-refractivity contribution in [3.05, 3.63) is 108 Å². The summed E-state index contributed by atoms with van der Waals surface area (Å²) in [6.45, 7) is 50.5. The largest absolute Gasteiger partial charge is 1.00 e. The van der Waals surface area contributed by atoms with Crippen LogP contribution in [0.1, 0.15) is 179 Å². The zero-order valence-corrected chi connectivity index (χ0v) is 43.2. The van der Waals surface area contributed by atoms with Gasteiger partial charge in [0.05, 0.1) is 0 Å². The third-order valence-electron chi connectivity index (χ3n) is 11.9. The summed E-state index contributed by atoms with van der Waals surface area (Å²) in [4.78, 5) is 0. The zero-order valence-electron chi connectivity index (χ0n) is 38.4. The van der Waals surface area contributed by atoms with Gasteiger partial charge in [-0.2, -0.15) is 0 Å². The van der Waals surface area contributed by atoms with Gasteiger partial charge in [0, 0.05) is 0 Å². The Hall–Kier alpha value is -1.06. The van der Waals surface area contributed by atoms with Crippen molar-refractivity contribution in [1.29, 1.82) is 0 Å². The van der Waals surface area contributed by atoms with E-state index in [9.17, 15) is 0 Å². The fourth-order valence-corrected chi connectivity index (χ4v) is 14.4. The fourth-order valence-electron chi connectivity index (χ4n) is 7.90. The van der Waals surface area contributed by atoms with E-state index in [0.29, 0.717) is 5.92 Å². The Morgan fingerprint density at radius 2 is 0.582 bits per heavy atom. The maximum atomic E-state index is 2.67. The summed E-state index contributed by atoms with van der Waals surface area (Å²) in [6.07, 6.45) is 0. The zero-order chi connectivity index (χ0) is 39.9. The summed E-state index contributed by atoms with van der Waals surface area (Å²) in [5.74, 6) is 0.343. The van der Waals surface area contributed by atoms with E-state index in [2.05, 4.69) is 220 Å². The number of hydrogen-bond acceptors (Lipinski definition) is 0. The molecular formula is C50H73Cl3SiTi. The van der Waals surface area contributed by atoms with Gasteiger partial charge in [-0.3, -0.25) is 0 Å². The minimum atomic E-state index is -3.02. The van der Waals surface area contributed by atoms with Gasteiger partial charge in [-0.05, 0) is 0 Å². The van der Waals surface area contributed by atoms with Crippen LogP contribution in [0, 0.1) is 5.92 Å². The van der Waals surface area contributed by atoms with Crippen LogP contribution in [0.2, 0.25) is 0 Å². The molecular weight excluding hydrogens is 783 g/mol. The van der Waals surface area contributed by atoms with Crippen LogP contribution in [0.15, 0.2) is 74.8 Å². The molecule has 0 amide bonds. The van der Waals surface area contributed by atoms with Crippen LogP contribution in [0.4, 0.5) is 0 Å². The summed E-state index contributed by atoms with van der Waals surface area (Å²) in [5, 5.41) is 6.27. The Morgan fingerprint density at radius 1 is 0.382 bits per heavy atom. The number of hydrogen-bond donors (Lipinski definition) is 0. The van der Waals surface area contributed by atoms with Crippen molar-refractivity contribution in [2.45, 2.75) is 178 Å². The van der Waals surface area contributed by atoms with Crippen LogP contribution in [-0.4, -0.2) is 8.07 Å². The first-order valence-corrected chi connectivity index (χ1v) is 22.6. The van der Waals surface area contributed by atoms with Crippen LogP contribution in [-0.2, 0) is 52.9 Å². The van der Waals surface area contributed by atoms with Crippen molar-refractivity contribution >= 4 is 23.6 Å². The van der Waals surface area contributed by atoms with Crippen molar-refractivity contribution in [3.63, 3.8) is 0 Å². The SMILES string of the molecule is CC1=[C]([Ti+3])C(C)C([Si](c2cc(C(C)(C)C)cc(C(C)(C)C)c2)(c2cc(C(C)(C)C)cc(C(C)(C)C)c2)c2cc(C(C)(C)C)cc(C(C)(C)C)c2)=C1C.[Cl-].[Cl-].[Cl-]. The molecule has 1 aliphatic carbocycles. The quantitative estimate of drug-likeness (QED) is 0.280. The maximum Gasteiger partial charge on any atom is -1.00 e. The van der Waals surface area contributed by atoms with Gasteiger partial charge >= 0.3 is 336 Å². The maximum absolute atomic E-state index is 3.02. The normalized spacial score (nSPS) is 16.2. The van der Waals surface area contributed by atoms with Crippen LogP contribution in [0.25, 0.3) is 0 Å². The molecule has 1 unspecified atom stereocenters. The van der Waals surface area contributed by atoms with Crippen molar-refractivity contribution in [3.8, 4) is 0 Å². The van der Waals surface area contributed by atoms with Gasteiger partial charge in [0.25, 0.3) is 0 Å². The molecule has 3 aromatic rings. The molecule has 1 atom stereocenters. The minimum Gasteiger partial charge on any atom is -1.00 e. The predicted octanol–water partition coefficient (Wildman–Crippen LogP) is 3.28. The summed E-state index contributed by atoms with van der Waals surface area (Å²) < 4.78 is 1.53. The predicted molar refractivity (Wildman–Crippen MR) is 231 cm³/mol. The van der Waals surface area contributed by atoms with Gasteiger partial charge in [-0.1, -0.05) is 0 Å². The van der Waals surface area contributed by atoms with Crippen molar-refractivity contribution in [2.24, 2.45) is 5.92 Å². The van der Waals surface area contributed by atoms with Gasteiger partial charge in [0.2, 0.25) is 0 Å². The number of benzene rings is 3. The fraction of sp³-hybridized carbons (Fsp3) is 0.560. The van der Waals surface area contributed by atoms with Gasteiger partial charge in [0.1, 0.15) is 0 Å². The molecule has 0 saturated carbocycles. The Labute approximate surface area is 370 Å². The van der Waals surface area contributed by atoms with E-state index >= 15 is 0 Å². The molecule has 302 valence electrons. The second-order valence-corrected chi connectivity index (χ2v) is 27.1. The third kappa shape index (κ3) is 10.4. The second kappa shape index (κ2) is 16.9. The Morgan fingerprint density at radius 3 is 0.727 bits per heavy atom. The summed E-state index contributed by atoms with van der Waals surface area (Å²) in [5.41, 5.74) is 11.6. The molecule has 0 bridgehead atoms. The monoisotopic (exact) mass is 854 g/mol. The van der Waals surface area contributed by atoms with Crippen LogP contribution in [0.5, 0.6) is 0 Å². The molecule has 0 radical (unpaired) electrons. The van der Waals surface area contributed by atoms with Crippen LogP contribution >= 0.6 is 0 Å². The molecule has 3 aromatic carbocycles. The molecule has 0 spiro atoms. The van der Waals surface area contributed by atoms with Crippen molar-refractivity contribution < 1.29 is 57.7 Å². The van der Waals surface area contributed by atoms with E-state index in [1.54, 1.807) is 5.20 Å². The van der Waals surface area contributed by atoms with Gasteiger partial charge in [-0.15, -0.1) is 0 Å². The van der Waals surface area contributed by atoms with Gasteiger partial charge < -0.3 is 37.2 Å². The molecule has 0 fully saturated rings. The molecule has 0 aliphatic heterocycles. The molecule has 0 heterocycles. The third-order valence-corrected chi connectivity index (χ3v) is 18.3. The minimum absolute atomic E-state index is 0. The average molecular weight is 856 g/mol. The molecule has 1 aliphatic rings. The van der Waals surface area contributed by atoms with Crippen molar-refractivity contribution in [1.82, 2.24) is 0 Å². The Balaban J connectivity index is 0.00000504. The topological polar surface area (TPSA) is 0 Å². The first-order chi connectivity index (χ1) is 23.2. The second-order valence-electron chi connectivity index (χ2n) is 22.4. The first-order valence-electron chi connectivity index (χ1n) is 19.9. The first kappa shape index (κ1) is 52.0. The van der Waals surface area contributed by atoms with E-state index in [4.69, 9.17) is 0 Å². The number of allylic oxidation sites excluding steroid dienone is 4. The summed E-state index contributed by atoms with van der Waals surface area (Å²) in [6, 6.07) is 23.6. The molecule has 0 aromatic heterocycles. The Bertz CT molecular complexity index is 1640. The van der Waals surface area contributed by atoms with E-state index in [0.717, 1.165) is 0 Å². The van der Waals surface area contributed by atoms with Crippen molar-refractivity contribution in [2.75, 3.05) is 0 Å². The standard InChI is InChI=1S/C50H73Si.3ClH.Ti/c1-32-22-33(2)44(34(32)3)51(41-26-35(45(4,5)6)23-36(27-41)46(7,8)9,42-28-37(47(10,11)12)24-38(29-42)48(13,14)15)43-30-39(49(16,17)18)25-40(31-43)50(19,20)21;;;;/h23-31,33H,1-21H3;3*1H;/q;;;;+3/p-3. The number of halogens is 3. The van der Waals surface area contributed by atoms with E-state index in [1.807, 2.05) is 0 Å². The summed E-state index contributed by atoms with van der Waals surface area (Å²) >= 11 is 2.40. The van der Waals surface area contributed by atoms with E-state index in [-0.39, 0.29) is 69.7 Å². The average Bonchev–Trinajstić information content (AvgIpc) is 3.17. The van der Waals surface area contributed by atoms with Gasteiger partial charge in [0.15, 0.2) is 0 Å². The Kier molecular flexibility index (Phi) is 16.0. The van der Waals surface area contributed by atoms with Crippen LogP contribution < -0.4 is 52.8 Å².